The molecule has 2 unspecified atom stereocenters. The first-order chi connectivity index (χ1) is 8.37. The van der Waals surface area contributed by atoms with E-state index in [2.05, 4.69) is 0 Å². The third kappa shape index (κ3) is 4.55. The fourth-order valence-electron chi connectivity index (χ4n) is 2.20. The molecule has 0 saturated carbocycles. The van der Waals surface area contributed by atoms with Crippen LogP contribution < -0.4 is 5.73 Å². The normalized spacial score (nSPS) is 25.2. The number of nitrogens with zero attached hydrogens (tertiary/aromatic N) is 1. The first kappa shape index (κ1) is 15.4. The second-order valence-corrected chi connectivity index (χ2v) is 7.00. The molecule has 0 aliphatic carbocycles. The van der Waals surface area contributed by atoms with E-state index in [4.69, 9.17) is 10.5 Å². The van der Waals surface area contributed by atoms with E-state index in [-0.39, 0.29) is 30.2 Å². The fraction of sp³-hybridized carbons (Fsp3) is 0.909. The third-order valence-corrected chi connectivity index (χ3v) is 4.23. The van der Waals surface area contributed by atoms with Gasteiger partial charge in [-0.25, -0.2) is 8.42 Å². The first-order valence-corrected chi connectivity index (χ1v) is 8.13. The monoisotopic (exact) mass is 278 g/mol. The molecule has 0 aromatic rings. The molecular formula is C11H22N2O4S. The van der Waals surface area contributed by atoms with Crippen molar-refractivity contribution in [2.45, 2.75) is 31.4 Å². The molecule has 18 heavy (non-hydrogen) atoms. The van der Waals surface area contributed by atoms with Crippen molar-refractivity contribution < 1.29 is 17.9 Å². The van der Waals surface area contributed by atoms with Crippen molar-refractivity contribution in [1.29, 1.82) is 0 Å². The average molecular weight is 278 g/mol. The van der Waals surface area contributed by atoms with E-state index in [0.29, 0.717) is 13.1 Å². The average Bonchev–Trinajstić information content (AvgIpc) is 2.34. The number of carbonyl (C=O) groups is 1. The summed E-state index contributed by atoms with van der Waals surface area (Å²) in [5.41, 5.74) is 5.66. The zero-order valence-electron chi connectivity index (χ0n) is 11.0. The highest BCUT2D eigenvalue weighted by atomic mass is 32.2. The molecule has 1 aliphatic rings. The van der Waals surface area contributed by atoms with Crippen LogP contribution in [-0.4, -0.2) is 63.6 Å². The second kappa shape index (κ2) is 6.49. The van der Waals surface area contributed by atoms with E-state index in [0.717, 1.165) is 19.1 Å². The van der Waals surface area contributed by atoms with Crippen LogP contribution in [0.5, 0.6) is 0 Å². The molecule has 1 fully saturated rings. The SMILES string of the molecule is COC1CCN(C(=O)CCS(C)(=O)=O)C(CN)C1. The Morgan fingerprint density at radius 1 is 1.50 bits per heavy atom. The molecule has 0 aromatic heterocycles. The van der Waals surface area contributed by atoms with Crippen LogP contribution in [0.2, 0.25) is 0 Å². The minimum absolute atomic E-state index is 0.0347. The number of hydrogen-bond donors (Lipinski definition) is 1. The maximum Gasteiger partial charge on any atom is 0.223 e. The van der Waals surface area contributed by atoms with E-state index in [1.165, 1.54) is 0 Å². The minimum Gasteiger partial charge on any atom is -0.381 e. The van der Waals surface area contributed by atoms with Gasteiger partial charge in [-0.15, -0.1) is 0 Å². The number of carbonyl (C=O) groups excluding carboxylic acids is 1. The number of ether oxygens (including phenoxy) is 1. The van der Waals surface area contributed by atoms with Crippen molar-refractivity contribution in [3.8, 4) is 0 Å². The Bertz CT molecular complexity index is 383. The van der Waals surface area contributed by atoms with Crippen molar-refractivity contribution in [3.63, 3.8) is 0 Å². The van der Waals surface area contributed by atoms with Crippen molar-refractivity contribution in [3.05, 3.63) is 0 Å². The van der Waals surface area contributed by atoms with Crippen molar-refractivity contribution in [2.24, 2.45) is 5.73 Å². The van der Waals surface area contributed by atoms with Gasteiger partial charge in [0.15, 0.2) is 0 Å². The summed E-state index contributed by atoms with van der Waals surface area (Å²) in [6, 6.07) is -0.0456. The molecule has 1 aliphatic heterocycles. The molecule has 1 amide bonds. The summed E-state index contributed by atoms with van der Waals surface area (Å²) in [7, 11) is -1.45. The summed E-state index contributed by atoms with van der Waals surface area (Å²) in [5, 5.41) is 0. The Morgan fingerprint density at radius 2 is 2.17 bits per heavy atom. The first-order valence-electron chi connectivity index (χ1n) is 6.07. The maximum atomic E-state index is 12.0. The van der Waals surface area contributed by atoms with Gasteiger partial charge in [-0.05, 0) is 12.8 Å². The second-order valence-electron chi connectivity index (χ2n) is 4.74. The van der Waals surface area contributed by atoms with Crippen LogP contribution in [0.3, 0.4) is 0 Å². The van der Waals surface area contributed by atoms with Crippen LogP contribution >= 0.6 is 0 Å². The van der Waals surface area contributed by atoms with Gasteiger partial charge >= 0.3 is 0 Å². The Labute approximate surface area is 108 Å². The molecule has 0 radical (unpaired) electrons. The lowest BCUT2D eigenvalue weighted by Crippen LogP contribution is -2.51. The summed E-state index contributed by atoms with van der Waals surface area (Å²) in [6.07, 6.45) is 2.80. The lowest BCUT2D eigenvalue weighted by Gasteiger charge is -2.38. The van der Waals surface area contributed by atoms with E-state index in [9.17, 15) is 13.2 Å². The Hall–Kier alpha value is -0.660. The van der Waals surface area contributed by atoms with Gasteiger partial charge in [-0.1, -0.05) is 0 Å². The Balaban J connectivity index is 2.56. The molecule has 1 rings (SSSR count). The lowest BCUT2D eigenvalue weighted by molar-refractivity contribution is -0.136. The number of hydrogen-bond acceptors (Lipinski definition) is 5. The van der Waals surface area contributed by atoms with Crippen LogP contribution in [0.4, 0.5) is 0 Å². The lowest BCUT2D eigenvalue weighted by atomic mass is 9.99. The molecule has 7 heteroatoms. The summed E-state index contributed by atoms with van der Waals surface area (Å²) < 4.78 is 27.4. The Morgan fingerprint density at radius 3 is 2.67 bits per heavy atom. The van der Waals surface area contributed by atoms with Crippen LogP contribution in [0, 0.1) is 0 Å². The van der Waals surface area contributed by atoms with E-state index < -0.39 is 9.84 Å². The highest BCUT2D eigenvalue weighted by molar-refractivity contribution is 7.90. The molecule has 2 N–H and O–H groups in total. The molecular weight excluding hydrogens is 256 g/mol. The quantitative estimate of drug-likeness (QED) is 0.724. The van der Waals surface area contributed by atoms with E-state index in [1.807, 2.05) is 0 Å². The highest BCUT2D eigenvalue weighted by Crippen LogP contribution is 2.20. The summed E-state index contributed by atoms with van der Waals surface area (Å²) >= 11 is 0. The maximum absolute atomic E-state index is 12.0. The van der Waals surface area contributed by atoms with Crippen molar-refractivity contribution >= 4 is 15.7 Å². The third-order valence-electron chi connectivity index (χ3n) is 3.28. The molecule has 1 heterocycles. The minimum atomic E-state index is -3.10. The Kier molecular flexibility index (Phi) is 5.55. The van der Waals surface area contributed by atoms with Crippen molar-refractivity contribution in [1.82, 2.24) is 4.90 Å². The van der Waals surface area contributed by atoms with Crippen LogP contribution in [-0.2, 0) is 19.4 Å². The highest BCUT2D eigenvalue weighted by Gasteiger charge is 2.30. The molecule has 0 bridgehead atoms. The predicted molar refractivity (Wildman–Crippen MR) is 68.9 cm³/mol. The van der Waals surface area contributed by atoms with Crippen LogP contribution in [0.1, 0.15) is 19.3 Å². The van der Waals surface area contributed by atoms with E-state index in [1.54, 1.807) is 12.0 Å². The van der Waals surface area contributed by atoms with Gasteiger partial charge in [-0.2, -0.15) is 0 Å². The van der Waals surface area contributed by atoms with Gasteiger partial charge < -0.3 is 15.4 Å². The molecule has 6 nitrogen and oxygen atoms in total. The van der Waals surface area contributed by atoms with Gasteiger partial charge in [0.05, 0.1) is 11.9 Å². The summed E-state index contributed by atoms with van der Waals surface area (Å²) in [5.74, 6) is -0.238. The predicted octanol–water partition coefficient (Wildman–Crippen LogP) is -0.614. The smallest absolute Gasteiger partial charge is 0.223 e. The molecule has 106 valence electrons. The van der Waals surface area contributed by atoms with Gasteiger partial charge in [0.2, 0.25) is 5.91 Å². The summed E-state index contributed by atoms with van der Waals surface area (Å²) in [4.78, 5) is 13.7. The van der Waals surface area contributed by atoms with Crippen LogP contribution in [0.15, 0.2) is 0 Å². The zero-order valence-corrected chi connectivity index (χ0v) is 11.8. The zero-order chi connectivity index (χ0) is 13.8. The number of methoxy groups -OCH3 is 1. The van der Waals surface area contributed by atoms with Gasteiger partial charge in [0, 0.05) is 38.9 Å². The fourth-order valence-corrected chi connectivity index (χ4v) is 2.74. The number of rotatable bonds is 5. The standard InChI is InChI=1S/C11H22N2O4S/c1-17-10-3-5-13(9(7-10)8-12)11(14)4-6-18(2,15)16/h9-10H,3-8,12H2,1-2H3. The number of sulfone groups is 1. The summed E-state index contributed by atoms with van der Waals surface area (Å²) in [6.45, 7) is 0.966. The number of nitrogens with two attached hydrogens (primary N) is 1. The number of piperidine rings is 1. The van der Waals surface area contributed by atoms with Crippen LogP contribution in [0.25, 0.3) is 0 Å². The number of likely N-dealkylation sites (tertiary alicyclic amines) is 1. The number of amides is 1. The molecule has 0 spiro atoms. The van der Waals surface area contributed by atoms with E-state index >= 15 is 0 Å². The topological polar surface area (TPSA) is 89.7 Å². The molecule has 0 aromatic carbocycles. The largest absolute Gasteiger partial charge is 0.381 e. The molecule has 1 saturated heterocycles. The van der Waals surface area contributed by atoms with Gasteiger partial charge in [0.25, 0.3) is 0 Å². The van der Waals surface area contributed by atoms with Crippen molar-refractivity contribution in [2.75, 3.05) is 32.2 Å². The van der Waals surface area contributed by atoms with Gasteiger partial charge in [0.1, 0.15) is 9.84 Å². The van der Waals surface area contributed by atoms with Gasteiger partial charge in [-0.3, -0.25) is 4.79 Å². The molecule has 2 atom stereocenters.